The van der Waals surface area contributed by atoms with E-state index in [1.54, 1.807) is 6.92 Å². The molecule has 0 aliphatic heterocycles. The van der Waals surface area contributed by atoms with Gasteiger partial charge in [-0.2, -0.15) is 0 Å². The molecule has 0 aliphatic carbocycles. The second-order valence-electron chi connectivity index (χ2n) is 5.22. The predicted molar refractivity (Wildman–Crippen MR) is 88.1 cm³/mol. The van der Waals surface area contributed by atoms with Crippen molar-refractivity contribution in [2.24, 2.45) is 0 Å². The van der Waals surface area contributed by atoms with Gasteiger partial charge < -0.3 is 10.0 Å². The summed E-state index contributed by atoms with van der Waals surface area (Å²) < 4.78 is 1.02. The Balaban J connectivity index is 2.28. The van der Waals surface area contributed by atoms with Crippen molar-refractivity contribution in [1.82, 2.24) is 0 Å². The summed E-state index contributed by atoms with van der Waals surface area (Å²) in [6.07, 6.45) is -0.474. The summed E-state index contributed by atoms with van der Waals surface area (Å²) in [5.74, 6) is 0. The lowest BCUT2D eigenvalue weighted by Gasteiger charge is -2.24. The normalized spacial score (nSPS) is 12.2. The monoisotopic (exact) mass is 333 g/mol. The summed E-state index contributed by atoms with van der Waals surface area (Å²) in [4.78, 5) is 2.17. The molecule has 0 heterocycles. The molecule has 1 unspecified atom stereocenters. The number of anilines is 1. The Kier molecular flexibility index (Phi) is 4.84. The Hall–Kier alpha value is -1.32. The summed E-state index contributed by atoms with van der Waals surface area (Å²) in [6.45, 7) is 4.72. The van der Waals surface area contributed by atoms with Gasteiger partial charge in [0.15, 0.2) is 0 Å². The molecule has 1 N–H and O–H groups in total. The molecule has 20 heavy (non-hydrogen) atoms. The van der Waals surface area contributed by atoms with Gasteiger partial charge in [0.1, 0.15) is 0 Å². The highest BCUT2D eigenvalue weighted by Crippen LogP contribution is 2.30. The fourth-order valence-electron chi connectivity index (χ4n) is 2.37. The van der Waals surface area contributed by atoms with Crippen molar-refractivity contribution in [2.75, 3.05) is 11.9 Å². The molecule has 0 bridgehead atoms. The molecule has 0 aliphatic rings. The summed E-state index contributed by atoms with van der Waals surface area (Å²) in [7, 11) is 2.05. The summed E-state index contributed by atoms with van der Waals surface area (Å²) in [5, 5.41) is 9.91. The van der Waals surface area contributed by atoms with Crippen LogP contribution in [0.3, 0.4) is 0 Å². The average Bonchev–Trinajstić information content (AvgIpc) is 2.38. The number of nitrogens with zero attached hydrogens (tertiary/aromatic N) is 1. The second kappa shape index (κ2) is 6.42. The van der Waals surface area contributed by atoms with Crippen LogP contribution in [0.15, 0.2) is 46.9 Å². The Labute approximate surface area is 129 Å². The van der Waals surface area contributed by atoms with E-state index in [1.165, 1.54) is 11.1 Å². The largest absolute Gasteiger partial charge is 0.389 e. The first-order valence-electron chi connectivity index (χ1n) is 6.71. The maximum Gasteiger partial charge on any atom is 0.0782 e. The number of halogens is 1. The van der Waals surface area contributed by atoms with Crippen molar-refractivity contribution in [3.63, 3.8) is 0 Å². The van der Waals surface area contributed by atoms with Crippen molar-refractivity contribution < 1.29 is 5.11 Å². The highest BCUT2D eigenvalue weighted by atomic mass is 79.9. The van der Waals surface area contributed by atoms with Crippen molar-refractivity contribution in [1.29, 1.82) is 0 Å². The minimum absolute atomic E-state index is 0.474. The lowest BCUT2D eigenvalue weighted by Crippen LogP contribution is -2.18. The number of hydrogen-bond acceptors (Lipinski definition) is 2. The van der Waals surface area contributed by atoms with E-state index in [2.05, 4.69) is 65.1 Å². The van der Waals surface area contributed by atoms with Crippen LogP contribution in [0.1, 0.15) is 29.7 Å². The van der Waals surface area contributed by atoms with Crippen molar-refractivity contribution in [2.45, 2.75) is 26.5 Å². The molecule has 0 saturated heterocycles. The molecule has 2 rings (SSSR count). The molecular weight excluding hydrogens is 314 g/mol. The van der Waals surface area contributed by atoms with Gasteiger partial charge >= 0.3 is 0 Å². The van der Waals surface area contributed by atoms with Gasteiger partial charge in [0.2, 0.25) is 0 Å². The molecule has 0 spiro atoms. The van der Waals surface area contributed by atoms with E-state index in [9.17, 15) is 5.11 Å². The standard InChI is InChI=1S/C17H20BrNO/c1-12-5-4-6-14(9-12)11-19(3)17-10-15(18)7-8-16(17)13(2)20/h4-10,13,20H,11H2,1-3H3. The molecule has 2 aromatic rings. The lowest BCUT2D eigenvalue weighted by molar-refractivity contribution is 0.199. The van der Waals surface area contributed by atoms with Crippen molar-refractivity contribution >= 4 is 21.6 Å². The number of rotatable bonds is 4. The Morgan fingerprint density at radius 1 is 1.20 bits per heavy atom. The zero-order chi connectivity index (χ0) is 14.7. The Bertz CT molecular complexity index is 595. The molecule has 3 heteroatoms. The first kappa shape index (κ1) is 15.1. The minimum atomic E-state index is -0.474. The molecule has 0 amide bonds. The SMILES string of the molecule is Cc1cccc(CN(C)c2cc(Br)ccc2C(C)O)c1. The van der Waals surface area contributed by atoms with Crippen LogP contribution in [-0.4, -0.2) is 12.2 Å². The number of aliphatic hydroxyl groups excluding tert-OH is 1. The maximum absolute atomic E-state index is 9.91. The number of aliphatic hydroxyl groups is 1. The van der Waals surface area contributed by atoms with E-state index >= 15 is 0 Å². The zero-order valence-electron chi connectivity index (χ0n) is 12.1. The predicted octanol–water partition coefficient (Wildman–Crippen LogP) is 4.45. The third kappa shape index (κ3) is 3.62. The fourth-order valence-corrected chi connectivity index (χ4v) is 2.72. The topological polar surface area (TPSA) is 23.5 Å². The van der Waals surface area contributed by atoms with Crippen molar-refractivity contribution in [3.8, 4) is 0 Å². The molecule has 2 nitrogen and oxygen atoms in total. The fraction of sp³-hybridized carbons (Fsp3) is 0.294. The lowest BCUT2D eigenvalue weighted by atomic mass is 10.1. The maximum atomic E-state index is 9.91. The van der Waals surface area contributed by atoms with Crippen LogP contribution in [0.4, 0.5) is 5.69 Å². The van der Waals surface area contributed by atoms with Gasteiger partial charge in [-0.15, -0.1) is 0 Å². The summed E-state index contributed by atoms with van der Waals surface area (Å²) in [5.41, 5.74) is 4.53. The van der Waals surface area contributed by atoms with Crippen LogP contribution in [0.25, 0.3) is 0 Å². The van der Waals surface area contributed by atoms with Gasteiger partial charge in [-0.25, -0.2) is 0 Å². The molecule has 0 fully saturated rings. The van der Waals surface area contributed by atoms with Gasteiger partial charge in [-0.3, -0.25) is 0 Å². The highest BCUT2D eigenvalue weighted by molar-refractivity contribution is 9.10. The van der Waals surface area contributed by atoms with Crippen LogP contribution in [0, 0.1) is 6.92 Å². The Morgan fingerprint density at radius 2 is 1.95 bits per heavy atom. The number of aryl methyl sites for hydroxylation is 1. The van der Waals surface area contributed by atoms with Gasteiger partial charge in [0.05, 0.1) is 6.10 Å². The van der Waals surface area contributed by atoms with E-state index in [4.69, 9.17) is 0 Å². The van der Waals surface area contributed by atoms with Crippen LogP contribution in [0.5, 0.6) is 0 Å². The van der Waals surface area contributed by atoms with Gasteiger partial charge in [0, 0.05) is 29.3 Å². The van der Waals surface area contributed by atoms with Crippen LogP contribution >= 0.6 is 15.9 Å². The second-order valence-corrected chi connectivity index (χ2v) is 6.14. The zero-order valence-corrected chi connectivity index (χ0v) is 13.7. The van der Waals surface area contributed by atoms with E-state index in [-0.39, 0.29) is 0 Å². The molecular formula is C17H20BrNO. The molecule has 1 atom stereocenters. The number of hydrogen-bond donors (Lipinski definition) is 1. The third-order valence-electron chi connectivity index (χ3n) is 3.36. The van der Waals surface area contributed by atoms with Gasteiger partial charge in [0.25, 0.3) is 0 Å². The smallest absolute Gasteiger partial charge is 0.0782 e. The minimum Gasteiger partial charge on any atom is -0.389 e. The average molecular weight is 334 g/mol. The summed E-state index contributed by atoms with van der Waals surface area (Å²) in [6, 6.07) is 14.5. The van der Waals surface area contributed by atoms with Gasteiger partial charge in [-0.1, -0.05) is 51.8 Å². The molecule has 106 valence electrons. The van der Waals surface area contributed by atoms with Crippen LogP contribution in [-0.2, 0) is 6.54 Å². The van der Waals surface area contributed by atoms with Crippen molar-refractivity contribution in [3.05, 3.63) is 63.6 Å². The summed E-state index contributed by atoms with van der Waals surface area (Å²) >= 11 is 3.50. The molecule has 0 aromatic heterocycles. The molecule has 0 saturated carbocycles. The van der Waals surface area contributed by atoms with Crippen LogP contribution in [0.2, 0.25) is 0 Å². The third-order valence-corrected chi connectivity index (χ3v) is 3.85. The first-order chi connectivity index (χ1) is 9.47. The Morgan fingerprint density at radius 3 is 2.60 bits per heavy atom. The van der Waals surface area contributed by atoms with Gasteiger partial charge in [-0.05, 0) is 31.5 Å². The first-order valence-corrected chi connectivity index (χ1v) is 7.51. The van der Waals surface area contributed by atoms with E-state index in [0.29, 0.717) is 0 Å². The molecule has 0 radical (unpaired) electrons. The quantitative estimate of drug-likeness (QED) is 0.893. The highest BCUT2D eigenvalue weighted by Gasteiger charge is 2.12. The van der Waals surface area contributed by atoms with Crippen LogP contribution < -0.4 is 4.90 Å². The van der Waals surface area contributed by atoms with E-state index in [0.717, 1.165) is 22.3 Å². The number of benzene rings is 2. The van der Waals surface area contributed by atoms with E-state index < -0.39 is 6.10 Å². The van der Waals surface area contributed by atoms with E-state index in [1.807, 2.05) is 12.1 Å². The molecule has 2 aromatic carbocycles.